The van der Waals surface area contributed by atoms with Gasteiger partial charge in [0.15, 0.2) is 0 Å². The monoisotopic (exact) mass is 369 g/mol. The molecule has 2 aromatic rings. The van der Waals surface area contributed by atoms with Crippen molar-refractivity contribution in [2.24, 2.45) is 5.73 Å². The molecule has 0 spiro atoms. The molecule has 2 rings (SSSR count). The Morgan fingerprint density at radius 3 is 2.57 bits per heavy atom. The molecule has 0 bridgehead atoms. The molecule has 21 heavy (non-hydrogen) atoms. The molecule has 7 heteroatoms. The first-order valence-corrected chi connectivity index (χ1v) is 8.56. The van der Waals surface area contributed by atoms with E-state index in [1.807, 2.05) is 6.07 Å². The number of nitrogens with zero attached hydrogens (tertiary/aromatic N) is 1. The summed E-state index contributed by atoms with van der Waals surface area (Å²) in [5.74, 6) is 0.285. The molecule has 1 heterocycles. The molecule has 0 unspecified atom stereocenters. The Morgan fingerprint density at radius 2 is 1.95 bits per heavy atom. The molecule has 0 radical (unpaired) electrons. The zero-order valence-corrected chi connectivity index (χ0v) is 14.1. The molecule has 0 fully saturated rings. The third kappa shape index (κ3) is 3.61. The highest BCUT2D eigenvalue weighted by Gasteiger charge is 2.18. The average Bonchev–Trinajstić information content (AvgIpc) is 2.43. The molecule has 1 aromatic heterocycles. The second-order valence-electron chi connectivity index (χ2n) is 4.67. The number of nitrogens with two attached hydrogens (primary N) is 1. The van der Waals surface area contributed by atoms with Gasteiger partial charge in [0, 0.05) is 11.0 Å². The predicted octanol–water partition coefficient (Wildman–Crippen LogP) is 2.72. The van der Waals surface area contributed by atoms with Crippen LogP contribution in [0.4, 0.5) is 5.82 Å². The number of benzene rings is 1. The van der Waals surface area contributed by atoms with Crippen LogP contribution >= 0.6 is 15.9 Å². The summed E-state index contributed by atoms with van der Waals surface area (Å²) in [6, 6.07) is 8.51. The van der Waals surface area contributed by atoms with E-state index in [0.717, 1.165) is 10.0 Å². The number of sulfonamides is 1. The first kappa shape index (κ1) is 15.9. The fraction of sp³-hybridized carbons (Fsp3) is 0.214. The molecule has 0 atom stereocenters. The van der Waals surface area contributed by atoms with Crippen molar-refractivity contribution in [1.29, 1.82) is 0 Å². The van der Waals surface area contributed by atoms with Crippen LogP contribution in [0.1, 0.15) is 16.8 Å². The van der Waals surface area contributed by atoms with Gasteiger partial charge >= 0.3 is 0 Å². The summed E-state index contributed by atoms with van der Waals surface area (Å²) in [5.41, 5.74) is 7.70. The number of hydrogen-bond acceptors (Lipinski definition) is 4. The Bertz CT molecular complexity index is 776. The normalized spacial score (nSPS) is 11.4. The van der Waals surface area contributed by atoms with E-state index in [1.165, 1.54) is 0 Å². The van der Waals surface area contributed by atoms with Crippen molar-refractivity contribution in [2.45, 2.75) is 25.3 Å². The molecule has 0 saturated carbocycles. The highest BCUT2D eigenvalue weighted by atomic mass is 79.9. The molecule has 1 aromatic carbocycles. The number of rotatable bonds is 4. The van der Waals surface area contributed by atoms with Gasteiger partial charge in [0.25, 0.3) is 10.0 Å². The van der Waals surface area contributed by atoms with Gasteiger partial charge in [0.2, 0.25) is 0 Å². The molecule has 0 saturated heterocycles. The van der Waals surface area contributed by atoms with Crippen LogP contribution < -0.4 is 10.5 Å². The molecule has 3 N–H and O–H groups in total. The Labute approximate surface area is 132 Å². The molecular formula is C14H16BrN3O2S. The van der Waals surface area contributed by atoms with Crippen LogP contribution in [0, 0.1) is 13.8 Å². The zero-order valence-electron chi connectivity index (χ0n) is 11.7. The van der Waals surface area contributed by atoms with Gasteiger partial charge in [-0.05, 0) is 59.1 Å². The van der Waals surface area contributed by atoms with Gasteiger partial charge in [-0.25, -0.2) is 13.4 Å². The van der Waals surface area contributed by atoms with Gasteiger partial charge < -0.3 is 5.73 Å². The molecule has 0 aliphatic heterocycles. The number of aryl methyl sites for hydroxylation is 2. The van der Waals surface area contributed by atoms with Gasteiger partial charge in [0.1, 0.15) is 5.82 Å². The molecule has 5 nitrogen and oxygen atoms in total. The van der Waals surface area contributed by atoms with Crippen molar-refractivity contribution < 1.29 is 8.42 Å². The van der Waals surface area contributed by atoms with Crippen LogP contribution in [-0.2, 0) is 16.6 Å². The largest absolute Gasteiger partial charge is 0.326 e. The number of hydrogen-bond donors (Lipinski definition) is 2. The van der Waals surface area contributed by atoms with E-state index < -0.39 is 10.0 Å². The minimum atomic E-state index is -3.69. The van der Waals surface area contributed by atoms with E-state index in [2.05, 4.69) is 25.6 Å². The lowest BCUT2D eigenvalue weighted by atomic mass is 10.1. The second kappa shape index (κ2) is 6.13. The van der Waals surface area contributed by atoms with Gasteiger partial charge in [-0.3, -0.25) is 4.72 Å². The maximum Gasteiger partial charge on any atom is 0.263 e. The standard InChI is InChI=1S/C14H16BrN3O2S/c1-9-3-4-11(8-16)7-13(9)21(19,20)18-14-6-5-12(15)10(2)17-14/h3-7H,8,16H2,1-2H3,(H,17,18). The van der Waals surface area contributed by atoms with Crippen LogP contribution in [0.5, 0.6) is 0 Å². The van der Waals surface area contributed by atoms with E-state index in [-0.39, 0.29) is 10.7 Å². The number of nitrogens with one attached hydrogen (secondary N) is 1. The first-order chi connectivity index (χ1) is 9.83. The van der Waals surface area contributed by atoms with Gasteiger partial charge in [-0.15, -0.1) is 0 Å². The van der Waals surface area contributed by atoms with E-state index in [9.17, 15) is 8.42 Å². The van der Waals surface area contributed by atoms with Crippen molar-refractivity contribution in [3.05, 3.63) is 51.6 Å². The van der Waals surface area contributed by atoms with E-state index in [1.54, 1.807) is 38.1 Å². The molecule has 0 amide bonds. The number of anilines is 1. The predicted molar refractivity (Wildman–Crippen MR) is 86.6 cm³/mol. The molecule has 0 aliphatic rings. The summed E-state index contributed by atoms with van der Waals surface area (Å²) in [7, 11) is -3.69. The average molecular weight is 370 g/mol. The zero-order chi connectivity index (χ0) is 15.6. The SMILES string of the molecule is Cc1ccc(CN)cc1S(=O)(=O)Nc1ccc(Br)c(C)n1. The van der Waals surface area contributed by atoms with Crippen LogP contribution in [0.25, 0.3) is 0 Å². The lowest BCUT2D eigenvalue weighted by molar-refractivity contribution is 0.600. The summed E-state index contributed by atoms with van der Waals surface area (Å²) in [6.07, 6.45) is 0. The number of halogens is 1. The summed E-state index contributed by atoms with van der Waals surface area (Å²) in [4.78, 5) is 4.41. The van der Waals surface area contributed by atoms with Crippen LogP contribution in [0.3, 0.4) is 0 Å². The van der Waals surface area contributed by atoms with E-state index in [0.29, 0.717) is 17.8 Å². The Balaban J connectivity index is 2.40. The second-order valence-corrected chi connectivity index (χ2v) is 7.18. The minimum Gasteiger partial charge on any atom is -0.326 e. The van der Waals surface area contributed by atoms with Gasteiger partial charge in [-0.1, -0.05) is 12.1 Å². The molecular weight excluding hydrogens is 354 g/mol. The Hall–Kier alpha value is -1.44. The highest BCUT2D eigenvalue weighted by molar-refractivity contribution is 9.10. The van der Waals surface area contributed by atoms with Crippen molar-refractivity contribution in [2.75, 3.05) is 4.72 Å². The number of pyridine rings is 1. The maximum atomic E-state index is 12.5. The van der Waals surface area contributed by atoms with Crippen molar-refractivity contribution in [3.8, 4) is 0 Å². The highest BCUT2D eigenvalue weighted by Crippen LogP contribution is 2.22. The van der Waals surface area contributed by atoms with Crippen LogP contribution in [-0.4, -0.2) is 13.4 Å². The topological polar surface area (TPSA) is 85.1 Å². The van der Waals surface area contributed by atoms with E-state index >= 15 is 0 Å². The van der Waals surface area contributed by atoms with Crippen LogP contribution in [0.15, 0.2) is 39.7 Å². The summed E-state index contributed by atoms with van der Waals surface area (Å²) >= 11 is 3.33. The summed E-state index contributed by atoms with van der Waals surface area (Å²) < 4.78 is 28.3. The lowest BCUT2D eigenvalue weighted by Gasteiger charge is -2.11. The number of aromatic nitrogens is 1. The van der Waals surface area contributed by atoms with Gasteiger partial charge in [0.05, 0.1) is 10.6 Å². The summed E-state index contributed by atoms with van der Waals surface area (Å²) in [6.45, 7) is 3.83. The fourth-order valence-corrected chi connectivity index (χ4v) is 3.37. The molecule has 0 aliphatic carbocycles. The first-order valence-electron chi connectivity index (χ1n) is 6.29. The van der Waals surface area contributed by atoms with E-state index in [4.69, 9.17) is 5.73 Å². The third-order valence-electron chi connectivity index (χ3n) is 3.04. The van der Waals surface area contributed by atoms with Crippen molar-refractivity contribution >= 4 is 31.8 Å². The smallest absolute Gasteiger partial charge is 0.263 e. The molecule has 112 valence electrons. The van der Waals surface area contributed by atoms with Gasteiger partial charge in [-0.2, -0.15) is 0 Å². The van der Waals surface area contributed by atoms with Crippen molar-refractivity contribution in [1.82, 2.24) is 4.98 Å². The Kier molecular flexibility index (Phi) is 4.65. The fourth-order valence-electron chi connectivity index (χ4n) is 1.85. The van der Waals surface area contributed by atoms with Crippen LogP contribution in [0.2, 0.25) is 0 Å². The Morgan fingerprint density at radius 1 is 1.24 bits per heavy atom. The maximum absolute atomic E-state index is 12.5. The quantitative estimate of drug-likeness (QED) is 0.867. The lowest BCUT2D eigenvalue weighted by Crippen LogP contribution is -2.16. The minimum absolute atomic E-state index is 0.216. The summed E-state index contributed by atoms with van der Waals surface area (Å²) in [5, 5.41) is 0. The third-order valence-corrected chi connectivity index (χ3v) is 5.37. The van der Waals surface area contributed by atoms with Crippen molar-refractivity contribution in [3.63, 3.8) is 0 Å².